The van der Waals surface area contributed by atoms with Crippen molar-refractivity contribution in [2.75, 3.05) is 25.5 Å². The van der Waals surface area contributed by atoms with E-state index in [2.05, 4.69) is 20.8 Å². The molecule has 3 rings (SSSR count). The summed E-state index contributed by atoms with van der Waals surface area (Å²) in [5.41, 5.74) is 5.30. The molecule has 0 atom stereocenters. The van der Waals surface area contributed by atoms with Crippen LogP contribution < -0.4 is 10.6 Å². The van der Waals surface area contributed by atoms with Gasteiger partial charge in [-0.2, -0.15) is 5.10 Å². The van der Waals surface area contributed by atoms with Crippen LogP contribution in [0, 0.1) is 19.7 Å². The highest BCUT2D eigenvalue weighted by Gasteiger charge is 2.12. The summed E-state index contributed by atoms with van der Waals surface area (Å²) in [5.74, 6) is -0.644. The number of nitrogens with one attached hydrogen (secondary N) is 3. The predicted octanol–water partition coefficient (Wildman–Crippen LogP) is 4.05. The Bertz CT molecular complexity index is 1080. The first kappa shape index (κ1) is 23.1. The van der Waals surface area contributed by atoms with E-state index in [1.165, 1.54) is 12.1 Å². The number of hydrogen-bond donors (Lipinski definition) is 3. The first-order valence-corrected chi connectivity index (χ1v) is 10.5. The number of urea groups is 1. The van der Waals surface area contributed by atoms with Crippen LogP contribution in [0.3, 0.4) is 0 Å². The van der Waals surface area contributed by atoms with E-state index in [0.29, 0.717) is 12.2 Å². The molecule has 2 aromatic carbocycles. The number of amides is 3. The summed E-state index contributed by atoms with van der Waals surface area (Å²) in [6.07, 6.45) is 1.57. The molecule has 0 bridgehead atoms. The standard InChI is InChI=1S/C24H28FN5O2/c1-16-6-4-8-21(17(16)2)26-24(32)27-23(31)15-30(3)13-5-7-20-14-22(29-28-20)18-9-11-19(25)12-10-18/h4,6,8-12,14H,5,7,13,15H2,1-3H3,(H,28,29)(H2,26,27,31,32). The smallest absolute Gasteiger partial charge is 0.307 e. The number of carbonyl (C=O) groups is 2. The summed E-state index contributed by atoms with van der Waals surface area (Å²) >= 11 is 0. The highest BCUT2D eigenvalue weighted by Crippen LogP contribution is 2.19. The van der Waals surface area contributed by atoms with E-state index in [1.54, 1.807) is 18.2 Å². The van der Waals surface area contributed by atoms with Gasteiger partial charge in [-0.05, 0) is 87.8 Å². The third-order valence-corrected chi connectivity index (χ3v) is 5.28. The molecule has 0 unspecified atom stereocenters. The monoisotopic (exact) mass is 437 g/mol. The van der Waals surface area contributed by atoms with Gasteiger partial charge in [-0.1, -0.05) is 12.1 Å². The number of benzene rings is 2. The average molecular weight is 438 g/mol. The van der Waals surface area contributed by atoms with Crippen molar-refractivity contribution in [3.8, 4) is 11.3 Å². The molecule has 3 aromatic rings. The lowest BCUT2D eigenvalue weighted by atomic mass is 10.1. The Hall–Kier alpha value is -3.52. The molecule has 0 aliphatic rings. The third kappa shape index (κ3) is 6.49. The molecule has 8 heteroatoms. The summed E-state index contributed by atoms with van der Waals surface area (Å²) in [4.78, 5) is 26.1. The number of likely N-dealkylation sites (N-methyl/N-ethyl adjacent to an activating group) is 1. The Morgan fingerprint density at radius 2 is 1.88 bits per heavy atom. The van der Waals surface area contributed by atoms with Crippen molar-refractivity contribution in [2.45, 2.75) is 26.7 Å². The molecule has 0 radical (unpaired) electrons. The van der Waals surface area contributed by atoms with Crippen LogP contribution in [0.5, 0.6) is 0 Å². The summed E-state index contributed by atoms with van der Waals surface area (Å²) in [5, 5.41) is 12.4. The number of halogens is 1. The highest BCUT2D eigenvalue weighted by atomic mass is 19.1. The van der Waals surface area contributed by atoms with Gasteiger partial charge < -0.3 is 5.32 Å². The van der Waals surface area contributed by atoms with Crippen LogP contribution >= 0.6 is 0 Å². The molecule has 1 aromatic heterocycles. The number of carbonyl (C=O) groups excluding carboxylic acids is 2. The van der Waals surface area contributed by atoms with Crippen molar-refractivity contribution < 1.29 is 14.0 Å². The SMILES string of the molecule is Cc1cccc(NC(=O)NC(=O)CN(C)CCCc2cc(-c3ccc(F)cc3)n[nH]2)c1C. The number of aromatic amines is 1. The zero-order valence-corrected chi connectivity index (χ0v) is 18.5. The van der Waals surface area contributed by atoms with Crippen molar-refractivity contribution in [1.82, 2.24) is 20.4 Å². The molecular formula is C24H28FN5O2. The molecule has 0 saturated carbocycles. The van der Waals surface area contributed by atoms with Crippen LogP contribution in [0.2, 0.25) is 0 Å². The van der Waals surface area contributed by atoms with Gasteiger partial charge in [0.15, 0.2) is 0 Å². The van der Waals surface area contributed by atoms with Crippen molar-refractivity contribution in [1.29, 1.82) is 0 Å². The van der Waals surface area contributed by atoms with E-state index in [9.17, 15) is 14.0 Å². The molecule has 0 spiro atoms. The van der Waals surface area contributed by atoms with E-state index >= 15 is 0 Å². The molecule has 0 saturated heterocycles. The van der Waals surface area contributed by atoms with Crippen molar-refractivity contribution in [3.05, 3.63) is 71.2 Å². The number of anilines is 1. The first-order chi connectivity index (χ1) is 15.3. The molecule has 32 heavy (non-hydrogen) atoms. The number of aryl methyl sites for hydroxylation is 2. The Kier molecular flexibility index (Phi) is 7.72. The first-order valence-electron chi connectivity index (χ1n) is 10.5. The van der Waals surface area contributed by atoms with Crippen molar-refractivity contribution in [3.63, 3.8) is 0 Å². The van der Waals surface area contributed by atoms with E-state index in [0.717, 1.165) is 40.9 Å². The van der Waals surface area contributed by atoms with Crippen LogP contribution in [0.15, 0.2) is 48.5 Å². The second-order valence-electron chi connectivity index (χ2n) is 7.88. The van der Waals surface area contributed by atoms with Crippen molar-refractivity contribution >= 4 is 17.6 Å². The minimum atomic E-state index is -0.539. The van der Waals surface area contributed by atoms with Gasteiger partial charge >= 0.3 is 6.03 Å². The Labute approximate surface area is 187 Å². The average Bonchev–Trinajstić information content (AvgIpc) is 3.20. The van der Waals surface area contributed by atoms with Crippen molar-refractivity contribution in [2.24, 2.45) is 0 Å². The summed E-state index contributed by atoms with van der Waals surface area (Å²) in [6.45, 7) is 4.68. The number of nitrogens with zero attached hydrogens (tertiary/aromatic N) is 2. The molecule has 168 valence electrons. The lowest BCUT2D eigenvalue weighted by Gasteiger charge is -2.16. The van der Waals surface area contributed by atoms with E-state index in [1.807, 2.05) is 44.0 Å². The largest absolute Gasteiger partial charge is 0.325 e. The minimum absolute atomic E-state index is 0.115. The molecular weight excluding hydrogens is 409 g/mol. The normalized spacial score (nSPS) is 10.9. The minimum Gasteiger partial charge on any atom is -0.307 e. The van der Waals surface area contributed by atoms with Crippen LogP contribution in [-0.4, -0.2) is 47.2 Å². The molecule has 0 aliphatic heterocycles. The van der Waals surface area contributed by atoms with Crippen LogP contribution in [-0.2, 0) is 11.2 Å². The lowest BCUT2D eigenvalue weighted by molar-refractivity contribution is -0.120. The highest BCUT2D eigenvalue weighted by molar-refractivity contribution is 6.02. The van der Waals surface area contributed by atoms with Gasteiger partial charge in [0.05, 0.1) is 12.2 Å². The van der Waals surface area contributed by atoms with E-state index in [4.69, 9.17) is 0 Å². The Balaban J connectivity index is 1.39. The summed E-state index contributed by atoms with van der Waals surface area (Å²) in [7, 11) is 1.83. The molecule has 3 amide bonds. The quantitative estimate of drug-likeness (QED) is 0.496. The third-order valence-electron chi connectivity index (χ3n) is 5.28. The summed E-state index contributed by atoms with van der Waals surface area (Å²) in [6, 6.07) is 13.2. The second-order valence-corrected chi connectivity index (χ2v) is 7.88. The number of hydrogen-bond acceptors (Lipinski definition) is 4. The topological polar surface area (TPSA) is 90.1 Å². The van der Waals surface area contributed by atoms with Crippen LogP contribution in [0.25, 0.3) is 11.3 Å². The Morgan fingerprint density at radius 1 is 1.12 bits per heavy atom. The Morgan fingerprint density at radius 3 is 2.62 bits per heavy atom. The number of imide groups is 1. The molecule has 0 fully saturated rings. The maximum absolute atomic E-state index is 13.1. The lowest BCUT2D eigenvalue weighted by Crippen LogP contribution is -2.41. The maximum atomic E-state index is 13.1. The van der Waals surface area contributed by atoms with Crippen LogP contribution in [0.1, 0.15) is 23.2 Å². The number of rotatable bonds is 8. The van der Waals surface area contributed by atoms with Gasteiger partial charge in [-0.3, -0.25) is 20.1 Å². The van der Waals surface area contributed by atoms with Gasteiger partial charge in [0.2, 0.25) is 5.91 Å². The van der Waals surface area contributed by atoms with Gasteiger partial charge in [0.25, 0.3) is 0 Å². The molecule has 1 heterocycles. The molecule has 3 N–H and O–H groups in total. The van der Waals surface area contributed by atoms with Gasteiger partial charge in [-0.25, -0.2) is 9.18 Å². The number of H-pyrrole nitrogens is 1. The maximum Gasteiger partial charge on any atom is 0.325 e. The summed E-state index contributed by atoms with van der Waals surface area (Å²) < 4.78 is 13.1. The predicted molar refractivity (Wildman–Crippen MR) is 123 cm³/mol. The van der Waals surface area contributed by atoms with Gasteiger partial charge in [-0.15, -0.1) is 0 Å². The second kappa shape index (κ2) is 10.7. The van der Waals surface area contributed by atoms with E-state index in [-0.39, 0.29) is 18.3 Å². The fourth-order valence-electron chi connectivity index (χ4n) is 3.33. The molecule has 0 aliphatic carbocycles. The van der Waals surface area contributed by atoms with Gasteiger partial charge in [0.1, 0.15) is 5.82 Å². The fraction of sp³-hybridized carbons (Fsp3) is 0.292. The fourth-order valence-corrected chi connectivity index (χ4v) is 3.33. The van der Waals surface area contributed by atoms with Gasteiger partial charge in [0, 0.05) is 16.9 Å². The molecule has 7 nitrogen and oxygen atoms in total. The number of aromatic nitrogens is 2. The zero-order valence-electron chi connectivity index (χ0n) is 18.5. The zero-order chi connectivity index (χ0) is 23.1. The van der Waals surface area contributed by atoms with Crippen LogP contribution in [0.4, 0.5) is 14.9 Å². The van der Waals surface area contributed by atoms with E-state index < -0.39 is 6.03 Å².